The molecular formula is C17H28N4. The smallest absolute Gasteiger partial charge is 0.157 e. The van der Waals surface area contributed by atoms with Crippen LogP contribution in [0.25, 0.3) is 11.0 Å². The zero-order chi connectivity index (χ0) is 15.2. The molecule has 0 saturated heterocycles. The summed E-state index contributed by atoms with van der Waals surface area (Å²) in [5.41, 5.74) is 3.27. The fraction of sp³-hybridized carbons (Fsp3) is 0.647. The zero-order valence-corrected chi connectivity index (χ0v) is 13.8. The van der Waals surface area contributed by atoms with Crippen LogP contribution in [0.1, 0.15) is 57.2 Å². The molecule has 2 heterocycles. The summed E-state index contributed by atoms with van der Waals surface area (Å²) in [6, 6.07) is 2.85. The Morgan fingerprint density at radius 1 is 1.24 bits per heavy atom. The molecule has 0 aliphatic heterocycles. The first-order chi connectivity index (χ1) is 10.2. The van der Waals surface area contributed by atoms with Crippen molar-refractivity contribution in [2.24, 2.45) is 7.05 Å². The van der Waals surface area contributed by atoms with Crippen molar-refractivity contribution in [2.75, 3.05) is 0 Å². The molecule has 1 atom stereocenters. The van der Waals surface area contributed by atoms with E-state index in [9.17, 15) is 0 Å². The molecule has 0 fully saturated rings. The molecule has 0 amide bonds. The third kappa shape index (κ3) is 4.03. The predicted molar refractivity (Wildman–Crippen MR) is 88.3 cm³/mol. The van der Waals surface area contributed by atoms with Gasteiger partial charge in [-0.15, -0.1) is 0 Å². The molecule has 0 spiro atoms. The normalized spacial score (nSPS) is 13.0. The second-order valence-electron chi connectivity index (χ2n) is 5.93. The van der Waals surface area contributed by atoms with Crippen molar-refractivity contribution >= 4 is 11.0 Å². The van der Waals surface area contributed by atoms with Gasteiger partial charge in [0, 0.05) is 31.2 Å². The number of pyridine rings is 1. The van der Waals surface area contributed by atoms with Crippen molar-refractivity contribution in [3.63, 3.8) is 0 Å². The minimum Gasteiger partial charge on any atom is -0.310 e. The largest absolute Gasteiger partial charge is 0.310 e. The molecule has 0 bridgehead atoms. The van der Waals surface area contributed by atoms with Crippen molar-refractivity contribution in [1.29, 1.82) is 0 Å². The van der Waals surface area contributed by atoms with E-state index < -0.39 is 0 Å². The van der Waals surface area contributed by atoms with E-state index in [-0.39, 0.29) is 0 Å². The summed E-state index contributed by atoms with van der Waals surface area (Å²) >= 11 is 0. The maximum absolute atomic E-state index is 4.55. The van der Waals surface area contributed by atoms with Gasteiger partial charge in [-0.1, -0.05) is 33.1 Å². The van der Waals surface area contributed by atoms with E-state index in [4.69, 9.17) is 0 Å². The van der Waals surface area contributed by atoms with Gasteiger partial charge in [0.05, 0.1) is 5.69 Å². The average Bonchev–Trinajstić information content (AvgIpc) is 2.76. The van der Waals surface area contributed by atoms with Crippen LogP contribution in [0.2, 0.25) is 0 Å². The van der Waals surface area contributed by atoms with Crippen LogP contribution in [0, 0.1) is 6.92 Å². The molecule has 21 heavy (non-hydrogen) atoms. The van der Waals surface area contributed by atoms with Gasteiger partial charge in [0.1, 0.15) is 0 Å². The Balaban J connectivity index is 2.03. The van der Waals surface area contributed by atoms with Crippen LogP contribution in [0.3, 0.4) is 0 Å². The standard InChI is InChI=1S/C17H28N4/c1-5-7-9-15(8-6-2)18-11-14-10-16-13(3)20-21(4)17(16)19-12-14/h10,12,15,18H,5-9,11H2,1-4H3. The van der Waals surface area contributed by atoms with Gasteiger partial charge in [0.15, 0.2) is 5.65 Å². The Morgan fingerprint density at radius 2 is 2.05 bits per heavy atom. The lowest BCUT2D eigenvalue weighted by atomic mass is 10.0. The summed E-state index contributed by atoms with van der Waals surface area (Å²) in [5, 5.41) is 9.29. The lowest BCUT2D eigenvalue weighted by molar-refractivity contribution is 0.434. The number of hydrogen-bond donors (Lipinski definition) is 1. The Kier molecular flexibility index (Phi) is 5.74. The molecule has 0 radical (unpaired) electrons. The van der Waals surface area contributed by atoms with Gasteiger partial charge < -0.3 is 5.32 Å². The number of nitrogens with zero attached hydrogens (tertiary/aromatic N) is 3. The summed E-state index contributed by atoms with van der Waals surface area (Å²) in [6.45, 7) is 7.45. The van der Waals surface area contributed by atoms with E-state index in [1.807, 2.05) is 24.9 Å². The third-order valence-electron chi connectivity index (χ3n) is 4.06. The van der Waals surface area contributed by atoms with Crippen LogP contribution in [0.15, 0.2) is 12.3 Å². The lowest BCUT2D eigenvalue weighted by Crippen LogP contribution is -2.28. The van der Waals surface area contributed by atoms with Gasteiger partial charge in [-0.05, 0) is 31.4 Å². The molecule has 2 rings (SSSR count). The van der Waals surface area contributed by atoms with Crippen LogP contribution in [-0.4, -0.2) is 20.8 Å². The number of hydrogen-bond acceptors (Lipinski definition) is 3. The van der Waals surface area contributed by atoms with Gasteiger partial charge >= 0.3 is 0 Å². The Morgan fingerprint density at radius 3 is 2.76 bits per heavy atom. The van der Waals surface area contributed by atoms with Crippen LogP contribution in [0.4, 0.5) is 0 Å². The van der Waals surface area contributed by atoms with Gasteiger partial charge in [-0.2, -0.15) is 5.10 Å². The average molecular weight is 288 g/mol. The van der Waals surface area contributed by atoms with Crippen LogP contribution in [-0.2, 0) is 13.6 Å². The highest BCUT2D eigenvalue weighted by Gasteiger charge is 2.09. The van der Waals surface area contributed by atoms with Crippen LogP contribution >= 0.6 is 0 Å². The van der Waals surface area contributed by atoms with E-state index in [0.717, 1.165) is 23.3 Å². The summed E-state index contributed by atoms with van der Waals surface area (Å²) in [4.78, 5) is 4.55. The first-order valence-electron chi connectivity index (χ1n) is 8.17. The predicted octanol–water partition coefficient (Wildman–Crippen LogP) is 3.73. The van der Waals surface area contributed by atoms with Crippen LogP contribution < -0.4 is 5.32 Å². The molecular weight excluding hydrogens is 260 g/mol. The number of unbranched alkanes of at least 4 members (excludes halogenated alkanes) is 1. The first kappa shape index (κ1) is 16.0. The number of fused-ring (bicyclic) bond motifs is 1. The van der Waals surface area contributed by atoms with E-state index in [2.05, 4.69) is 35.3 Å². The number of aromatic nitrogens is 3. The summed E-state index contributed by atoms with van der Waals surface area (Å²) in [6.07, 6.45) is 8.30. The van der Waals surface area contributed by atoms with Crippen molar-refractivity contribution < 1.29 is 0 Å². The highest BCUT2D eigenvalue weighted by molar-refractivity contribution is 5.78. The summed E-state index contributed by atoms with van der Waals surface area (Å²) in [5.74, 6) is 0. The fourth-order valence-electron chi connectivity index (χ4n) is 2.86. The second-order valence-corrected chi connectivity index (χ2v) is 5.93. The molecule has 0 aromatic carbocycles. The van der Waals surface area contributed by atoms with Gasteiger partial charge in [-0.3, -0.25) is 4.68 Å². The maximum atomic E-state index is 4.55. The van der Waals surface area contributed by atoms with Crippen LogP contribution in [0.5, 0.6) is 0 Å². The number of aryl methyl sites for hydroxylation is 2. The minimum atomic E-state index is 0.626. The van der Waals surface area contributed by atoms with Crippen molar-refractivity contribution in [3.05, 3.63) is 23.5 Å². The molecule has 0 aliphatic carbocycles. The maximum Gasteiger partial charge on any atom is 0.157 e. The monoisotopic (exact) mass is 288 g/mol. The second kappa shape index (κ2) is 7.55. The Hall–Kier alpha value is -1.42. The van der Waals surface area contributed by atoms with E-state index >= 15 is 0 Å². The third-order valence-corrected chi connectivity index (χ3v) is 4.06. The molecule has 4 heteroatoms. The Bertz CT molecular complexity index is 573. The van der Waals surface area contributed by atoms with Gasteiger partial charge in [0.2, 0.25) is 0 Å². The topological polar surface area (TPSA) is 42.7 Å². The van der Waals surface area contributed by atoms with Crippen molar-refractivity contribution in [2.45, 2.75) is 65.5 Å². The molecule has 1 N–H and O–H groups in total. The van der Waals surface area contributed by atoms with Crippen molar-refractivity contribution in [1.82, 2.24) is 20.1 Å². The van der Waals surface area contributed by atoms with E-state index in [1.54, 1.807) is 0 Å². The highest BCUT2D eigenvalue weighted by atomic mass is 15.3. The Labute approximate surface area is 128 Å². The molecule has 116 valence electrons. The van der Waals surface area contributed by atoms with E-state index in [1.165, 1.54) is 37.7 Å². The summed E-state index contributed by atoms with van der Waals surface area (Å²) < 4.78 is 1.85. The highest BCUT2D eigenvalue weighted by Crippen LogP contribution is 2.17. The zero-order valence-electron chi connectivity index (χ0n) is 13.8. The minimum absolute atomic E-state index is 0.626. The molecule has 2 aromatic heterocycles. The van der Waals surface area contributed by atoms with E-state index in [0.29, 0.717) is 6.04 Å². The first-order valence-corrected chi connectivity index (χ1v) is 8.17. The quantitative estimate of drug-likeness (QED) is 0.805. The number of rotatable bonds is 8. The lowest BCUT2D eigenvalue weighted by Gasteiger charge is -2.17. The molecule has 1 unspecified atom stereocenters. The van der Waals surface area contributed by atoms with Gasteiger partial charge in [-0.25, -0.2) is 4.98 Å². The number of nitrogens with one attached hydrogen (secondary N) is 1. The van der Waals surface area contributed by atoms with Crippen molar-refractivity contribution in [3.8, 4) is 0 Å². The molecule has 2 aromatic rings. The van der Waals surface area contributed by atoms with Gasteiger partial charge in [0.25, 0.3) is 0 Å². The molecule has 0 saturated carbocycles. The SMILES string of the molecule is CCCCC(CCC)NCc1cnc2c(c1)c(C)nn2C. The summed E-state index contributed by atoms with van der Waals surface area (Å²) in [7, 11) is 1.95. The molecule has 4 nitrogen and oxygen atoms in total. The molecule has 0 aliphatic rings. The fourth-order valence-corrected chi connectivity index (χ4v) is 2.86.